The normalized spacial score (nSPS) is 22.5. The molecular formula is C21H29N3O. The first kappa shape index (κ1) is 17.8. The molecule has 0 aromatic heterocycles. The Hall–Kier alpha value is -2.04. The molecule has 2 aromatic rings. The van der Waals surface area contributed by atoms with Crippen molar-refractivity contribution in [2.75, 3.05) is 5.73 Å². The summed E-state index contributed by atoms with van der Waals surface area (Å²) in [5.74, 6) is 1.50. The number of hydrogen-bond acceptors (Lipinski definition) is 4. The Kier molecular flexibility index (Phi) is 5.61. The zero-order chi connectivity index (χ0) is 17.8. The van der Waals surface area contributed by atoms with Gasteiger partial charge in [-0.25, -0.2) is 5.43 Å². The molecule has 4 atom stereocenters. The van der Waals surface area contributed by atoms with E-state index >= 15 is 0 Å². The minimum Gasteiger partial charge on any atom is -0.489 e. The van der Waals surface area contributed by atoms with Crippen molar-refractivity contribution in [1.29, 1.82) is 0 Å². The van der Waals surface area contributed by atoms with E-state index in [1.807, 2.05) is 24.3 Å². The zero-order valence-electron chi connectivity index (χ0n) is 15.3. The third-order valence-electron chi connectivity index (χ3n) is 5.19. The lowest BCUT2D eigenvalue weighted by Crippen LogP contribution is -2.40. The van der Waals surface area contributed by atoms with Gasteiger partial charge in [-0.2, -0.15) is 0 Å². The summed E-state index contributed by atoms with van der Waals surface area (Å²) in [7, 11) is 0. The number of ether oxygens (including phenoxy) is 1. The second-order valence-corrected chi connectivity index (χ2v) is 7.02. The van der Waals surface area contributed by atoms with E-state index in [1.165, 1.54) is 11.1 Å². The molecule has 4 nitrogen and oxygen atoms in total. The summed E-state index contributed by atoms with van der Waals surface area (Å²) in [6.07, 6.45) is 2.15. The molecule has 0 amide bonds. The van der Waals surface area contributed by atoms with Crippen molar-refractivity contribution >= 4 is 5.69 Å². The van der Waals surface area contributed by atoms with Crippen molar-refractivity contribution in [2.24, 2.45) is 0 Å². The smallest absolute Gasteiger partial charge is 0.123 e. The summed E-state index contributed by atoms with van der Waals surface area (Å²) in [6.45, 7) is 6.59. The molecule has 4 heteroatoms. The van der Waals surface area contributed by atoms with E-state index in [0.717, 1.165) is 24.3 Å². The van der Waals surface area contributed by atoms with Crippen LogP contribution in [0.25, 0.3) is 0 Å². The van der Waals surface area contributed by atoms with Gasteiger partial charge in [0.2, 0.25) is 0 Å². The van der Waals surface area contributed by atoms with Gasteiger partial charge in [0.05, 0.1) is 6.04 Å². The highest BCUT2D eigenvalue weighted by Crippen LogP contribution is 2.31. The predicted octanol–water partition coefficient (Wildman–Crippen LogP) is 4.16. The number of rotatable bonds is 6. The van der Waals surface area contributed by atoms with Crippen molar-refractivity contribution < 1.29 is 4.74 Å². The summed E-state index contributed by atoms with van der Waals surface area (Å²) >= 11 is 0. The lowest BCUT2D eigenvalue weighted by Gasteiger charge is -2.23. The maximum Gasteiger partial charge on any atom is 0.123 e. The first-order valence-corrected chi connectivity index (χ1v) is 9.20. The first-order valence-electron chi connectivity index (χ1n) is 9.20. The van der Waals surface area contributed by atoms with Crippen LogP contribution in [0.1, 0.15) is 56.7 Å². The fourth-order valence-electron chi connectivity index (χ4n) is 3.38. The van der Waals surface area contributed by atoms with Crippen LogP contribution in [-0.4, -0.2) is 12.1 Å². The van der Waals surface area contributed by atoms with Gasteiger partial charge >= 0.3 is 0 Å². The Labute approximate surface area is 150 Å². The van der Waals surface area contributed by atoms with E-state index in [0.29, 0.717) is 5.92 Å². The number of nitrogens with two attached hydrogens (primary N) is 1. The van der Waals surface area contributed by atoms with E-state index < -0.39 is 0 Å². The van der Waals surface area contributed by atoms with Gasteiger partial charge in [-0.3, -0.25) is 5.43 Å². The molecule has 1 aliphatic rings. The van der Waals surface area contributed by atoms with Crippen LogP contribution in [0.5, 0.6) is 5.75 Å². The van der Waals surface area contributed by atoms with Crippen molar-refractivity contribution in [3.63, 3.8) is 0 Å². The molecule has 134 valence electrons. The summed E-state index contributed by atoms with van der Waals surface area (Å²) in [5, 5.41) is 0. The molecule has 1 aliphatic heterocycles. The van der Waals surface area contributed by atoms with Crippen LogP contribution in [0.2, 0.25) is 0 Å². The Morgan fingerprint density at radius 2 is 1.92 bits per heavy atom. The Morgan fingerprint density at radius 3 is 2.68 bits per heavy atom. The summed E-state index contributed by atoms with van der Waals surface area (Å²) in [5.41, 5.74) is 16.0. The predicted molar refractivity (Wildman–Crippen MR) is 104 cm³/mol. The second-order valence-electron chi connectivity index (χ2n) is 7.02. The molecule has 0 spiro atoms. The molecule has 4 unspecified atom stereocenters. The average Bonchev–Trinajstić information content (AvgIpc) is 3.12. The van der Waals surface area contributed by atoms with Crippen LogP contribution in [0, 0.1) is 0 Å². The highest BCUT2D eigenvalue weighted by molar-refractivity contribution is 5.42. The third kappa shape index (κ3) is 4.14. The maximum atomic E-state index is 6.33. The number of nitrogen functional groups attached to an aromatic ring is 1. The standard InChI is InChI=1S/C21H29N3O/c1-4-14(2)18-10-5-6-11-21(18)25-15(3)19-13-20(24-23-19)16-8-7-9-17(22)12-16/h5-12,14-15,19-20,23-24H,4,13,22H2,1-3H3. The largest absolute Gasteiger partial charge is 0.489 e. The van der Waals surface area contributed by atoms with Crippen LogP contribution < -0.4 is 21.3 Å². The van der Waals surface area contributed by atoms with Crippen LogP contribution >= 0.6 is 0 Å². The maximum absolute atomic E-state index is 6.33. The highest BCUT2D eigenvalue weighted by Gasteiger charge is 2.30. The van der Waals surface area contributed by atoms with Crippen LogP contribution in [-0.2, 0) is 0 Å². The number of nitrogens with one attached hydrogen (secondary N) is 2. The van der Waals surface area contributed by atoms with E-state index in [-0.39, 0.29) is 18.2 Å². The molecule has 1 heterocycles. The minimum atomic E-state index is 0.0729. The number of para-hydroxylation sites is 1. The van der Waals surface area contributed by atoms with Gasteiger partial charge in [-0.1, -0.05) is 44.2 Å². The van der Waals surface area contributed by atoms with E-state index in [2.05, 4.69) is 55.9 Å². The topological polar surface area (TPSA) is 59.3 Å². The number of hydrogen-bond donors (Lipinski definition) is 3. The van der Waals surface area contributed by atoms with Gasteiger partial charge in [0, 0.05) is 11.7 Å². The highest BCUT2D eigenvalue weighted by atomic mass is 16.5. The number of anilines is 1. The van der Waals surface area contributed by atoms with Gasteiger partial charge in [-0.15, -0.1) is 0 Å². The van der Waals surface area contributed by atoms with E-state index in [1.54, 1.807) is 0 Å². The molecular weight excluding hydrogens is 310 g/mol. The van der Waals surface area contributed by atoms with Gasteiger partial charge in [0.25, 0.3) is 0 Å². The third-order valence-corrected chi connectivity index (χ3v) is 5.19. The monoisotopic (exact) mass is 339 g/mol. The van der Waals surface area contributed by atoms with Crippen molar-refractivity contribution in [3.8, 4) is 5.75 Å². The summed E-state index contributed by atoms with van der Waals surface area (Å²) in [6, 6.07) is 17.0. The molecule has 3 rings (SSSR count). The molecule has 0 saturated carbocycles. The Balaban J connectivity index is 1.66. The van der Waals surface area contributed by atoms with Crippen molar-refractivity contribution in [3.05, 3.63) is 59.7 Å². The van der Waals surface area contributed by atoms with Gasteiger partial charge < -0.3 is 10.5 Å². The quantitative estimate of drug-likeness (QED) is 0.692. The molecule has 1 fully saturated rings. The molecule has 25 heavy (non-hydrogen) atoms. The summed E-state index contributed by atoms with van der Waals surface area (Å²) in [4.78, 5) is 0. The van der Waals surface area contributed by atoms with E-state index in [9.17, 15) is 0 Å². The first-order chi connectivity index (χ1) is 12.1. The molecule has 0 bridgehead atoms. The Morgan fingerprint density at radius 1 is 1.12 bits per heavy atom. The van der Waals surface area contributed by atoms with Crippen molar-refractivity contribution in [1.82, 2.24) is 10.9 Å². The molecule has 4 N–H and O–H groups in total. The van der Waals surface area contributed by atoms with E-state index in [4.69, 9.17) is 10.5 Å². The van der Waals surface area contributed by atoms with Gasteiger partial charge in [0.1, 0.15) is 11.9 Å². The minimum absolute atomic E-state index is 0.0729. The van der Waals surface area contributed by atoms with Crippen LogP contribution in [0.4, 0.5) is 5.69 Å². The lowest BCUT2D eigenvalue weighted by atomic mass is 9.97. The molecule has 0 aliphatic carbocycles. The fraction of sp³-hybridized carbons (Fsp3) is 0.429. The zero-order valence-corrected chi connectivity index (χ0v) is 15.3. The lowest BCUT2D eigenvalue weighted by molar-refractivity contribution is 0.174. The van der Waals surface area contributed by atoms with Gasteiger partial charge in [0.15, 0.2) is 0 Å². The van der Waals surface area contributed by atoms with Gasteiger partial charge in [-0.05, 0) is 55.0 Å². The number of benzene rings is 2. The van der Waals surface area contributed by atoms with Crippen LogP contribution in [0.15, 0.2) is 48.5 Å². The molecule has 2 aromatic carbocycles. The summed E-state index contributed by atoms with van der Waals surface area (Å²) < 4.78 is 6.33. The average molecular weight is 339 g/mol. The van der Waals surface area contributed by atoms with Crippen molar-refractivity contribution in [2.45, 2.75) is 57.7 Å². The fourth-order valence-corrected chi connectivity index (χ4v) is 3.38. The SMILES string of the molecule is CCC(C)c1ccccc1OC(C)C1CC(c2cccc(N)c2)NN1. The second kappa shape index (κ2) is 7.89. The molecule has 0 radical (unpaired) electrons. The number of hydrazine groups is 1. The van der Waals surface area contributed by atoms with Crippen LogP contribution in [0.3, 0.4) is 0 Å². The molecule has 1 saturated heterocycles. The Bertz CT molecular complexity index is 703.